The van der Waals surface area contributed by atoms with Crippen LogP contribution in [0.2, 0.25) is 0 Å². The first-order valence-corrected chi connectivity index (χ1v) is 11.4. The number of carbonyl (C=O) groups is 2. The lowest BCUT2D eigenvalue weighted by Crippen LogP contribution is -2.22. The molecule has 3 aromatic rings. The summed E-state index contributed by atoms with van der Waals surface area (Å²) < 4.78 is 15.8. The molecule has 1 amide bonds. The maximum absolute atomic E-state index is 12.8. The van der Waals surface area contributed by atoms with Crippen LogP contribution in [0.1, 0.15) is 34.9 Å². The van der Waals surface area contributed by atoms with Crippen LogP contribution < -0.4 is 14.8 Å². The summed E-state index contributed by atoms with van der Waals surface area (Å²) in [7, 11) is 0. The number of benzene rings is 1. The molecule has 0 bridgehead atoms. The highest BCUT2D eigenvalue weighted by atomic mass is 32.2. The number of fused-ring (bicyclic) bond motifs is 2. The summed E-state index contributed by atoms with van der Waals surface area (Å²) in [5.41, 5.74) is 1.39. The van der Waals surface area contributed by atoms with Crippen molar-refractivity contribution in [2.75, 3.05) is 18.7 Å². The first-order valence-electron chi connectivity index (χ1n) is 9.69. The maximum Gasteiger partial charge on any atom is 0.348 e. The van der Waals surface area contributed by atoms with Crippen LogP contribution in [0.15, 0.2) is 23.2 Å². The maximum atomic E-state index is 12.8. The minimum atomic E-state index is -0.437. The predicted octanol–water partition coefficient (Wildman–Crippen LogP) is 4.33. The number of hydrogen-bond donors (Lipinski definition) is 1. The van der Waals surface area contributed by atoms with E-state index in [0.717, 1.165) is 10.9 Å². The summed E-state index contributed by atoms with van der Waals surface area (Å²) in [6, 6.07) is 5.27. The van der Waals surface area contributed by atoms with Crippen LogP contribution >= 0.6 is 23.1 Å². The van der Waals surface area contributed by atoms with Gasteiger partial charge in [0.05, 0.1) is 11.9 Å². The van der Waals surface area contributed by atoms with E-state index in [1.807, 2.05) is 13.8 Å². The number of anilines is 1. The Kier molecular flexibility index (Phi) is 6.01. The van der Waals surface area contributed by atoms with E-state index in [1.54, 1.807) is 32.0 Å². The molecule has 1 aliphatic rings. The molecule has 10 heteroatoms. The number of nitrogens with zero attached hydrogens (tertiary/aromatic N) is 2. The van der Waals surface area contributed by atoms with Crippen LogP contribution in [0, 0.1) is 13.8 Å². The van der Waals surface area contributed by atoms with Gasteiger partial charge in [-0.2, -0.15) is 0 Å². The van der Waals surface area contributed by atoms with Crippen LogP contribution in [-0.2, 0) is 9.53 Å². The van der Waals surface area contributed by atoms with Crippen molar-refractivity contribution in [3.63, 3.8) is 0 Å². The van der Waals surface area contributed by atoms with E-state index in [-0.39, 0.29) is 18.7 Å². The Morgan fingerprint density at radius 3 is 2.81 bits per heavy atom. The molecule has 0 saturated carbocycles. The molecule has 31 heavy (non-hydrogen) atoms. The number of esters is 1. The fourth-order valence-corrected chi connectivity index (χ4v) is 5.36. The molecule has 1 atom stereocenters. The van der Waals surface area contributed by atoms with Gasteiger partial charge >= 0.3 is 5.97 Å². The van der Waals surface area contributed by atoms with Crippen molar-refractivity contribution in [2.24, 2.45) is 0 Å². The van der Waals surface area contributed by atoms with Gasteiger partial charge in [0.1, 0.15) is 20.6 Å². The third-order valence-corrected chi connectivity index (χ3v) is 6.88. The highest BCUT2D eigenvalue weighted by Crippen LogP contribution is 2.38. The number of amides is 1. The number of thioether (sulfide) groups is 1. The molecule has 1 aliphatic heterocycles. The largest absolute Gasteiger partial charge is 0.462 e. The number of aryl methyl sites for hydroxylation is 2. The van der Waals surface area contributed by atoms with Crippen LogP contribution in [-0.4, -0.2) is 40.5 Å². The SMILES string of the molecule is CCOC(=O)c1sc2nc(C)nc(S[C@H](C)C(=O)Nc3ccc4c(c3)OCO4)c2c1C. The average Bonchev–Trinajstić information content (AvgIpc) is 3.32. The number of carbonyl (C=O) groups excluding carboxylic acids is 2. The van der Waals surface area contributed by atoms with Gasteiger partial charge in [0.2, 0.25) is 12.7 Å². The molecule has 0 fully saturated rings. The van der Waals surface area contributed by atoms with Gasteiger partial charge in [-0.15, -0.1) is 11.3 Å². The van der Waals surface area contributed by atoms with Crippen LogP contribution in [0.5, 0.6) is 11.5 Å². The third-order valence-electron chi connectivity index (χ3n) is 4.63. The summed E-state index contributed by atoms with van der Waals surface area (Å²) in [6.45, 7) is 7.70. The molecule has 4 rings (SSSR count). The summed E-state index contributed by atoms with van der Waals surface area (Å²) in [5, 5.41) is 3.91. The Hall–Kier alpha value is -2.85. The lowest BCUT2D eigenvalue weighted by Gasteiger charge is -2.13. The van der Waals surface area contributed by atoms with Crippen LogP contribution in [0.3, 0.4) is 0 Å². The fraction of sp³-hybridized carbons (Fsp3) is 0.333. The Labute approximate surface area is 187 Å². The number of aromatic nitrogens is 2. The van der Waals surface area contributed by atoms with E-state index in [4.69, 9.17) is 14.2 Å². The number of rotatable bonds is 6. The number of thiophene rings is 1. The fourth-order valence-electron chi connectivity index (χ4n) is 3.12. The molecular weight excluding hydrogens is 438 g/mol. The van der Waals surface area contributed by atoms with E-state index in [9.17, 15) is 9.59 Å². The summed E-state index contributed by atoms with van der Waals surface area (Å²) in [4.78, 5) is 35.3. The molecule has 3 heterocycles. The average molecular weight is 460 g/mol. The highest BCUT2D eigenvalue weighted by Gasteiger charge is 2.24. The molecule has 0 radical (unpaired) electrons. The zero-order valence-electron chi connectivity index (χ0n) is 17.5. The van der Waals surface area contributed by atoms with Crippen molar-refractivity contribution in [2.45, 2.75) is 38.0 Å². The molecule has 0 aliphatic carbocycles. The van der Waals surface area contributed by atoms with Gasteiger partial charge in [-0.3, -0.25) is 4.79 Å². The van der Waals surface area contributed by atoms with Crippen molar-refractivity contribution in [1.82, 2.24) is 9.97 Å². The van der Waals surface area contributed by atoms with Gasteiger partial charge in [0.15, 0.2) is 11.5 Å². The quantitative estimate of drug-likeness (QED) is 0.330. The van der Waals surface area contributed by atoms with Crippen molar-refractivity contribution in [3.8, 4) is 11.5 Å². The summed E-state index contributed by atoms with van der Waals surface area (Å²) in [6.07, 6.45) is 0. The van der Waals surface area contributed by atoms with E-state index >= 15 is 0 Å². The Morgan fingerprint density at radius 2 is 2.03 bits per heavy atom. The van der Waals surface area contributed by atoms with Crippen LogP contribution in [0.25, 0.3) is 10.2 Å². The monoisotopic (exact) mass is 459 g/mol. The molecule has 162 valence electrons. The second-order valence-electron chi connectivity index (χ2n) is 6.85. The zero-order chi connectivity index (χ0) is 22.1. The van der Waals surface area contributed by atoms with Gasteiger partial charge in [0, 0.05) is 17.1 Å². The van der Waals surface area contributed by atoms with Gasteiger partial charge in [-0.05, 0) is 45.4 Å². The lowest BCUT2D eigenvalue weighted by molar-refractivity contribution is -0.115. The Bertz CT molecular complexity index is 1180. The predicted molar refractivity (Wildman–Crippen MR) is 119 cm³/mol. The second kappa shape index (κ2) is 8.72. The van der Waals surface area contributed by atoms with Crippen molar-refractivity contribution in [1.29, 1.82) is 0 Å². The van der Waals surface area contributed by atoms with E-state index in [0.29, 0.717) is 44.4 Å². The van der Waals surface area contributed by atoms with E-state index < -0.39 is 5.25 Å². The highest BCUT2D eigenvalue weighted by molar-refractivity contribution is 8.00. The molecular formula is C21H21N3O5S2. The smallest absolute Gasteiger partial charge is 0.348 e. The molecule has 1 aromatic carbocycles. The number of hydrogen-bond acceptors (Lipinski definition) is 9. The van der Waals surface area contributed by atoms with Crippen LogP contribution in [0.4, 0.5) is 5.69 Å². The van der Waals surface area contributed by atoms with Gasteiger partial charge in [-0.25, -0.2) is 14.8 Å². The van der Waals surface area contributed by atoms with E-state index in [1.165, 1.54) is 23.1 Å². The number of ether oxygens (including phenoxy) is 3. The normalized spacial score (nSPS) is 13.3. The number of nitrogens with one attached hydrogen (secondary N) is 1. The molecule has 0 saturated heterocycles. The Morgan fingerprint density at radius 1 is 1.26 bits per heavy atom. The Balaban J connectivity index is 1.57. The first kappa shape index (κ1) is 21.4. The molecule has 0 spiro atoms. The lowest BCUT2D eigenvalue weighted by atomic mass is 10.2. The van der Waals surface area contributed by atoms with Crippen molar-refractivity contribution >= 4 is 50.9 Å². The topological polar surface area (TPSA) is 99.6 Å². The van der Waals surface area contributed by atoms with Gasteiger partial charge in [0.25, 0.3) is 0 Å². The van der Waals surface area contributed by atoms with Crippen molar-refractivity contribution < 1.29 is 23.8 Å². The van der Waals surface area contributed by atoms with Gasteiger partial charge < -0.3 is 19.5 Å². The standard InChI is InChI=1S/C21H21N3O5S2/c1-5-27-21(26)17-10(2)16-19(22-12(4)23-20(16)31-17)30-11(3)18(25)24-13-6-7-14-15(8-13)29-9-28-14/h6-8,11H,5,9H2,1-4H3,(H,24,25)/t11-/m1/s1. The summed E-state index contributed by atoms with van der Waals surface area (Å²) in [5.74, 6) is 1.29. The van der Waals surface area contributed by atoms with Gasteiger partial charge in [-0.1, -0.05) is 11.8 Å². The summed E-state index contributed by atoms with van der Waals surface area (Å²) >= 11 is 2.61. The molecule has 8 nitrogen and oxygen atoms in total. The molecule has 0 unspecified atom stereocenters. The third kappa shape index (κ3) is 4.31. The second-order valence-corrected chi connectivity index (χ2v) is 9.18. The minimum absolute atomic E-state index is 0.174. The molecule has 1 N–H and O–H groups in total. The molecule has 2 aromatic heterocycles. The van der Waals surface area contributed by atoms with E-state index in [2.05, 4.69) is 15.3 Å². The zero-order valence-corrected chi connectivity index (χ0v) is 19.1. The van der Waals surface area contributed by atoms with Crippen molar-refractivity contribution in [3.05, 3.63) is 34.5 Å². The first-order chi connectivity index (χ1) is 14.9. The minimum Gasteiger partial charge on any atom is -0.462 e.